The molecule has 3 aromatic rings. The molecular weight excluding hydrogens is 367 g/mol. The molecule has 0 spiro atoms. The lowest BCUT2D eigenvalue weighted by Gasteiger charge is -2.12. The number of hydrogen-bond acceptors (Lipinski definition) is 7. The van der Waals surface area contributed by atoms with E-state index in [2.05, 4.69) is 20.3 Å². The van der Waals surface area contributed by atoms with Gasteiger partial charge in [-0.15, -0.1) is 0 Å². The zero-order valence-corrected chi connectivity index (χ0v) is 13.3. The molecule has 0 aliphatic heterocycles. The highest BCUT2D eigenvalue weighted by molar-refractivity contribution is 5.70. The van der Waals surface area contributed by atoms with Crippen molar-refractivity contribution in [3.63, 3.8) is 0 Å². The molecule has 0 saturated carbocycles. The smallest absolute Gasteiger partial charge is 0.433 e. The van der Waals surface area contributed by atoms with Crippen molar-refractivity contribution in [3.05, 3.63) is 64.6 Å². The highest BCUT2D eigenvalue weighted by atomic mass is 19.4. The first-order chi connectivity index (χ1) is 12.7. The molecule has 2 heterocycles. The monoisotopic (exact) mass is 377 g/mol. The van der Waals surface area contributed by atoms with Crippen LogP contribution in [-0.2, 0) is 6.18 Å². The number of aromatic nitrogens is 3. The molecule has 2 N–H and O–H groups in total. The van der Waals surface area contributed by atoms with Gasteiger partial charge in [0.2, 0.25) is 0 Å². The number of pyridine rings is 1. The molecule has 0 amide bonds. The first-order valence-electron chi connectivity index (χ1n) is 7.35. The van der Waals surface area contributed by atoms with Gasteiger partial charge in [0, 0.05) is 36.2 Å². The van der Waals surface area contributed by atoms with E-state index in [4.69, 9.17) is 0 Å². The minimum absolute atomic E-state index is 0.219. The van der Waals surface area contributed by atoms with Crippen LogP contribution in [0.5, 0.6) is 5.75 Å². The van der Waals surface area contributed by atoms with Crippen molar-refractivity contribution in [1.29, 1.82) is 0 Å². The molecular formula is C16H10F3N5O3. The zero-order chi connectivity index (χ0) is 19.6. The maximum Gasteiger partial charge on any atom is 0.433 e. The Morgan fingerprint density at radius 1 is 1.15 bits per heavy atom. The molecule has 0 bridgehead atoms. The van der Waals surface area contributed by atoms with E-state index in [1.165, 1.54) is 24.5 Å². The molecule has 0 aliphatic carbocycles. The summed E-state index contributed by atoms with van der Waals surface area (Å²) in [7, 11) is 0. The number of phenolic OH excluding ortho intramolecular Hbond substituents is 1. The van der Waals surface area contributed by atoms with Gasteiger partial charge in [-0.2, -0.15) is 13.2 Å². The third-order valence-electron chi connectivity index (χ3n) is 3.38. The lowest BCUT2D eigenvalue weighted by atomic mass is 10.2. The maximum absolute atomic E-state index is 13.2. The number of alkyl halides is 3. The number of anilines is 2. The van der Waals surface area contributed by atoms with Gasteiger partial charge in [-0.25, -0.2) is 9.97 Å². The first kappa shape index (κ1) is 18.0. The lowest BCUT2D eigenvalue weighted by molar-refractivity contribution is -0.383. The van der Waals surface area contributed by atoms with Crippen molar-refractivity contribution < 1.29 is 23.2 Å². The summed E-state index contributed by atoms with van der Waals surface area (Å²) in [5, 5.41) is 23.1. The molecule has 8 nitrogen and oxygen atoms in total. The van der Waals surface area contributed by atoms with Crippen LogP contribution in [0.2, 0.25) is 0 Å². The Labute approximate surface area is 149 Å². The van der Waals surface area contributed by atoms with Crippen molar-refractivity contribution in [1.82, 2.24) is 15.0 Å². The van der Waals surface area contributed by atoms with Crippen molar-refractivity contribution in [3.8, 4) is 17.1 Å². The summed E-state index contributed by atoms with van der Waals surface area (Å²) >= 11 is 0. The predicted molar refractivity (Wildman–Crippen MR) is 88.3 cm³/mol. The SMILES string of the molecule is O=[N+]([O-])c1ccc(O)cc1Nc1cc(C(F)(F)F)nc(-c2cccnc2)n1. The molecule has 0 unspecified atom stereocenters. The van der Waals surface area contributed by atoms with Crippen LogP contribution >= 0.6 is 0 Å². The minimum Gasteiger partial charge on any atom is -0.508 e. The molecule has 27 heavy (non-hydrogen) atoms. The van der Waals surface area contributed by atoms with Gasteiger partial charge in [0.1, 0.15) is 17.3 Å². The predicted octanol–water partition coefficient (Wildman–Crippen LogP) is 3.91. The highest BCUT2D eigenvalue weighted by Gasteiger charge is 2.34. The number of nitrogens with zero attached hydrogens (tertiary/aromatic N) is 4. The summed E-state index contributed by atoms with van der Waals surface area (Å²) < 4.78 is 39.6. The van der Waals surface area contributed by atoms with Crippen molar-refractivity contribution in [2.24, 2.45) is 0 Å². The number of nitrogens with one attached hydrogen (secondary N) is 1. The van der Waals surface area contributed by atoms with Crippen LogP contribution in [0, 0.1) is 10.1 Å². The van der Waals surface area contributed by atoms with Crippen LogP contribution in [-0.4, -0.2) is 25.0 Å². The van der Waals surface area contributed by atoms with Crippen LogP contribution in [0.25, 0.3) is 11.4 Å². The number of nitro benzene ring substituents is 1. The van der Waals surface area contributed by atoms with Gasteiger partial charge >= 0.3 is 6.18 Å². The Bertz CT molecular complexity index is 996. The first-order valence-corrected chi connectivity index (χ1v) is 7.35. The van der Waals surface area contributed by atoms with E-state index in [9.17, 15) is 28.4 Å². The average Bonchev–Trinajstić information content (AvgIpc) is 2.61. The fourth-order valence-corrected chi connectivity index (χ4v) is 2.20. The van der Waals surface area contributed by atoms with Crippen LogP contribution in [0.4, 0.5) is 30.4 Å². The Hall–Kier alpha value is -3.76. The molecule has 2 aromatic heterocycles. The van der Waals surface area contributed by atoms with E-state index < -0.39 is 22.5 Å². The number of benzene rings is 1. The number of rotatable bonds is 4. The Kier molecular flexibility index (Phi) is 4.59. The molecule has 0 atom stereocenters. The second-order valence-electron chi connectivity index (χ2n) is 5.29. The van der Waals surface area contributed by atoms with Crippen LogP contribution in [0.15, 0.2) is 48.8 Å². The second kappa shape index (κ2) is 6.86. The molecule has 0 radical (unpaired) electrons. The summed E-state index contributed by atoms with van der Waals surface area (Å²) in [6, 6.07) is 6.72. The van der Waals surface area contributed by atoms with Crippen LogP contribution in [0.1, 0.15) is 5.69 Å². The van der Waals surface area contributed by atoms with E-state index in [1.54, 1.807) is 0 Å². The van der Waals surface area contributed by atoms with Gasteiger partial charge in [-0.3, -0.25) is 15.1 Å². The number of phenols is 1. The van der Waals surface area contributed by atoms with Gasteiger partial charge in [-0.05, 0) is 18.2 Å². The highest BCUT2D eigenvalue weighted by Crippen LogP contribution is 2.34. The summed E-state index contributed by atoms with van der Waals surface area (Å²) in [5.41, 5.74) is -1.66. The molecule has 0 saturated heterocycles. The second-order valence-corrected chi connectivity index (χ2v) is 5.29. The molecule has 1 aromatic carbocycles. The van der Waals surface area contributed by atoms with E-state index >= 15 is 0 Å². The number of nitro groups is 1. The number of aromatic hydroxyl groups is 1. The molecule has 3 rings (SSSR count). The maximum atomic E-state index is 13.2. The molecule has 0 aliphatic rings. The molecule has 138 valence electrons. The van der Waals surface area contributed by atoms with Crippen molar-refractivity contribution in [2.45, 2.75) is 6.18 Å². The topological polar surface area (TPSA) is 114 Å². The van der Waals surface area contributed by atoms with Gasteiger partial charge in [0.05, 0.1) is 4.92 Å². The number of hydrogen-bond donors (Lipinski definition) is 2. The van der Waals surface area contributed by atoms with E-state index in [0.29, 0.717) is 6.07 Å². The Balaban J connectivity index is 2.11. The van der Waals surface area contributed by atoms with Gasteiger partial charge < -0.3 is 10.4 Å². The lowest BCUT2D eigenvalue weighted by Crippen LogP contribution is -2.11. The van der Waals surface area contributed by atoms with Gasteiger partial charge in [-0.1, -0.05) is 0 Å². The summed E-state index contributed by atoms with van der Waals surface area (Å²) in [6.45, 7) is 0. The summed E-state index contributed by atoms with van der Waals surface area (Å²) in [6.07, 6.45) is -2.04. The zero-order valence-electron chi connectivity index (χ0n) is 13.3. The molecule has 0 fully saturated rings. The quantitative estimate of drug-likeness (QED) is 0.523. The van der Waals surface area contributed by atoms with Crippen molar-refractivity contribution >= 4 is 17.2 Å². The Morgan fingerprint density at radius 2 is 1.93 bits per heavy atom. The van der Waals surface area contributed by atoms with Gasteiger partial charge in [0.25, 0.3) is 5.69 Å². The third kappa shape index (κ3) is 4.08. The van der Waals surface area contributed by atoms with E-state index in [-0.39, 0.29) is 28.6 Å². The summed E-state index contributed by atoms with van der Waals surface area (Å²) in [4.78, 5) is 21.6. The van der Waals surface area contributed by atoms with Crippen LogP contribution < -0.4 is 5.32 Å². The fraction of sp³-hybridized carbons (Fsp3) is 0.0625. The molecule has 11 heteroatoms. The van der Waals surface area contributed by atoms with E-state index in [0.717, 1.165) is 18.2 Å². The van der Waals surface area contributed by atoms with Crippen molar-refractivity contribution in [2.75, 3.05) is 5.32 Å². The summed E-state index contributed by atoms with van der Waals surface area (Å²) in [5.74, 6) is -0.895. The minimum atomic E-state index is -4.76. The van der Waals surface area contributed by atoms with Gasteiger partial charge in [0.15, 0.2) is 11.5 Å². The van der Waals surface area contributed by atoms with E-state index in [1.807, 2.05) is 0 Å². The Morgan fingerprint density at radius 3 is 2.56 bits per heavy atom. The standard InChI is InChI=1S/C16H10F3N5O3/c17-16(18,19)13-7-14(23-15(22-13)9-2-1-5-20-8-9)21-11-6-10(25)3-4-12(11)24(26)27/h1-8,25H,(H,21,22,23). The number of halogens is 3. The van der Waals surface area contributed by atoms with Crippen LogP contribution in [0.3, 0.4) is 0 Å². The third-order valence-corrected chi connectivity index (χ3v) is 3.38. The fourth-order valence-electron chi connectivity index (χ4n) is 2.20. The largest absolute Gasteiger partial charge is 0.508 e. The average molecular weight is 377 g/mol. The normalized spacial score (nSPS) is 11.2.